The summed E-state index contributed by atoms with van der Waals surface area (Å²) in [7, 11) is 0. The maximum absolute atomic E-state index is 12.6. The van der Waals surface area contributed by atoms with E-state index < -0.39 is 11.7 Å². The van der Waals surface area contributed by atoms with Gasteiger partial charge in [-0.2, -0.15) is 18.2 Å². The summed E-state index contributed by atoms with van der Waals surface area (Å²) < 4.78 is 48.1. The van der Waals surface area contributed by atoms with Crippen molar-refractivity contribution < 1.29 is 27.2 Å². The van der Waals surface area contributed by atoms with Crippen LogP contribution < -0.4 is 4.74 Å². The van der Waals surface area contributed by atoms with Crippen LogP contribution in [0.4, 0.5) is 13.2 Å². The third-order valence-corrected chi connectivity index (χ3v) is 3.34. The van der Waals surface area contributed by atoms with Gasteiger partial charge in [0, 0.05) is 5.56 Å². The molecule has 0 aliphatic carbocycles. The summed E-state index contributed by atoms with van der Waals surface area (Å²) in [5.41, 5.74) is 0.00930. The summed E-state index contributed by atoms with van der Waals surface area (Å²) in [6.45, 7) is -0.0709. The number of carbonyl (C=O) groups is 1. The fourth-order valence-corrected chi connectivity index (χ4v) is 2.09. The van der Waals surface area contributed by atoms with Gasteiger partial charge < -0.3 is 9.26 Å². The van der Waals surface area contributed by atoms with E-state index in [-0.39, 0.29) is 18.3 Å². The molecule has 0 atom stereocenters. The van der Waals surface area contributed by atoms with Crippen LogP contribution in [0.5, 0.6) is 5.75 Å². The predicted molar refractivity (Wildman–Crippen MR) is 80.9 cm³/mol. The standard InChI is InChI=1S/C17H11F3N2O3/c18-17(19,20)13-7-5-11(6-8-13)16-21-15(25-22-16)10-24-14-4-2-1-3-12(14)9-23/h1-9H,10H2. The van der Waals surface area contributed by atoms with Crippen LogP contribution in [0.1, 0.15) is 21.8 Å². The van der Waals surface area contributed by atoms with Crippen molar-refractivity contribution in [2.75, 3.05) is 0 Å². The third-order valence-electron chi connectivity index (χ3n) is 3.34. The molecule has 3 aromatic rings. The normalized spacial score (nSPS) is 11.3. The molecule has 128 valence electrons. The number of benzene rings is 2. The Labute approximate surface area is 140 Å². The van der Waals surface area contributed by atoms with Gasteiger partial charge in [0.25, 0.3) is 5.89 Å². The molecule has 5 nitrogen and oxygen atoms in total. The number of nitrogens with zero attached hydrogens (tertiary/aromatic N) is 2. The predicted octanol–water partition coefficient (Wildman–Crippen LogP) is 4.15. The number of rotatable bonds is 5. The molecule has 0 aliphatic heterocycles. The topological polar surface area (TPSA) is 65.2 Å². The molecule has 0 fully saturated rings. The van der Waals surface area contributed by atoms with E-state index in [1.54, 1.807) is 24.3 Å². The fourth-order valence-electron chi connectivity index (χ4n) is 2.09. The maximum atomic E-state index is 12.6. The molecule has 0 amide bonds. The van der Waals surface area contributed by atoms with E-state index in [0.29, 0.717) is 23.2 Å². The summed E-state index contributed by atoms with van der Waals surface area (Å²) in [4.78, 5) is 15.0. The van der Waals surface area contributed by atoms with E-state index in [1.807, 2.05) is 0 Å². The van der Waals surface area contributed by atoms with Crippen LogP contribution in [0.25, 0.3) is 11.4 Å². The van der Waals surface area contributed by atoms with Crippen LogP contribution in [0.3, 0.4) is 0 Å². The van der Waals surface area contributed by atoms with E-state index in [4.69, 9.17) is 9.26 Å². The lowest BCUT2D eigenvalue weighted by Gasteiger charge is -2.06. The van der Waals surface area contributed by atoms with Crippen molar-refractivity contribution in [3.8, 4) is 17.1 Å². The summed E-state index contributed by atoms with van der Waals surface area (Å²) >= 11 is 0. The molecular formula is C17H11F3N2O3. The molecule has 0 aliphatic rings. The lowest BCUT2D eigenvalue weighted by Crippen LogP contribution is -2.04. The van der Waals surface area contributed by atoms with E-state index in [1.165, 1.54) is 12.1 Å². The van der Waals surface area contributed by atoms with Crippen LogP contribution in [-0.4, -0.2) is 16.4 Å². The van der Waals surface area contributed by atoms with E-state index in [2.05, 4.69) is 10.1 Å². The van der Waals surface area contributed by atoms with Crippen LogP contribution in [0, 0.1) is 0 Å². The smallest absolute Gasteiger partial charge is 0.416 e. The van der Waals surface area contributed by atoms with Gasteiger partial charge in [0.15, 0.2) is 12.9 Å². The zero-order valence-corrected chi connectivity index (χ0v) is 12.7. The Hall–Kier alpha value is -3.16. The Balaban J connectivity index is 1.71. The quantitative estimate of drug-likeness (QED) is 0.648. The molecule has 8 heteroatoms. The van der Waals surface area contributed by atoms with E-state index >= 15 is 0 Å². The number of hydrogen-bond donors (Lipinski definition) is 0. The van der Waals surface area contributed by atoms with Gasteiger partial charge >= 0.3 is 6.18 Å². The van der Waals surface area contributed by atoms with Crippen LogP contribution in [0.2, 0.25) is 0 Å². The summed E-state index contributed by atoms with van der Waals surface area (Å²) in [6.07, 6.45) is -3.74. The molecule has 0 spiro atoms. The van der Waals surface area contributed by atoms with Crippen LogP contribution in [0.15, 0.2) is 53.1 Å². The van der Waals surface area contributed by atoms with Gasteiger partial charge in [-0.05, 0) is 24.3 Å². The molecule has 0 bridgehead atoms. The molecule has 1 heterocycles. The first-order valence-corrected chi connectivity index (χ1v) is 7.14. The number of carbonyl (C=O) groups excluding carboxylic acids is 1. The highest BCUT2D eigenvalue weighted by Gasteiger charge is 2.30. The highest BCUT2D eigenvalue weighted by molar-refractivity contribution is 5.79. The van der Waals surface area contributed by atoms with Gasteiger partial charge in [0.1, 0.15) is 5.75 Å². The number of para-hydroxylation sites is 1. The third kappa shape index (κ3) is 3.85. The molecule has 0 saturated heterocycles. The first kappa shape index (κ1) is 16.7. The highest BCUT2D eigenvalue weighted by atomic mass is 19.4. The maximum Gasteiger partial charge on any atom is 0.416 e. The van der Waals surface area contributed by atoms with Crippen molar-refractivity contribution in [1.82, 2.24) is 10.1 Å². The Morgan fingerprint density at radius 3 is 2.48 bits per heavy atom. The number of ether oxygens (including phenoxy) is 1. The second kappa shape index (κ2) is 6.76. The first-order valence-electron chi connectivity index (χ1n) is 7.14. The zero-order chi connectivity index (χ0) is 17.9. The Morgan fingerprint density at radius 2 is 1.80 bits per heavy atom. The number of aldehydes is 1. The van der Waals surface area contributed by atoms with Crippen molar-refractivity contribution in [2.24, 2.45) is 0 Å². The summed E-state index contributed by atoms with van der Waals surface area (Å²) in [5, 5.41) is 3.72. The SMILES string of the molecule is O=Cc1ccccc1OCc1nc(-c2ccc(C(F)(F)F)cc2)no1. The molecule has 3 rings (SSSR count). The Kier molecular flexibility index (Phi) is 4.51. The molecule has 2 aromatic carbocycles. The number of halogens is 3. The number of hydrogen-bond acceptors (Lipinski definition) is 5. The van der Waals surface area contributed by atoms with Crippen molar-refractivity contribution in [2.45, 2.75) is 12.8 Å². The Morgan fingerprint density at radius 1 is 1.08 bits per heavy atom. The van der Waals surface area contributed by atoms with Crippen molar-refractivity contribution >= 4 is 6.29 Å². The van der Waals surface area contributed by atoms with Gasteiger partial charge in [-0.25, -0.2) is 0 Å². The number of aromatic nitrogens is 2. The zero-order valence-electron chi connectivity index (χ0n) is 12.7. The second-order valence-electron chi connectivity index (χ2n) is 5.03. The molecular weight excluding hydrogens is 337 g/mol. The van der Waals surface area contributed by atoms with Crippen molar-refractivity contribution in [3.63, 3.8) is 0 Å². The minimum atomic E-state index is -4.40. The van der Waals surface area contributed by atoms with Gasteiger partial charge in [0.05, 0.1) is 11.1 Å². The second-order valence-corrected chi connectivity index (χ2v) is 5.03. The van der Waals surface area contributed by atoms with Gasteiger partial charge in [-0.1, -0.05) is 29.4 Å². The molecule has 0 radical (unpaired) electrons. The average Bonchev–Trinajstić information content (AvgIpc) is 3.08. The molecule has 1 aromatic heterocycles. The van der Waals surface area contributed by atoms with Crippen molar-refractivity contribution in [1.29, 1.82) is 0 Å². The highest BCUT2D eigenvalue weighted by Crippen LogP contribution is 2.30. The Bertz CT molecular complexity index is 873. The summed E-state index contributed by atoms with van der Waals surface area (Å²) in [6, 6.07) is 11.1. The van der Waals surface area contributed by atoms with Crippen LogP contribution in [-0.2, 0) is 12.8 Å². The first-order chi connectivity index (χ1) is 12.0. The average molecular weight is 348 g/mol. The minimum absolute atomic E-state index is 0.0709. The monoisotopic (exact) mass is 348 g/mol. The van der Waals surface area contributed by atoms with E-state index in [0.717, 1.165) is 12.1 Å². The number of alkyl halides is 3. The van der Waals surface area contributed by atoms with Crippen LogP contribution >= 0.6 is 0 Å². The molecule has 25 heavy (non-hydrogen) atoms. The van der Waals surface area contributed by atoms with Gasteiger partial charge in [0.2, 0.25) is 5.82 Å². The summed E-state index contributed by atoms with van der Waals surface area (Å²) in [5.74, 6) is 0.651. The van der Waals surface area contributed by atoms with Crippen molar-refractivity contribution in [3.05, 3.63) is 65.5 Å². The fraction of sp³-hybridized carbons (Fsp3) is 0.118. The van der Waals surface area contributed by atoms with Gasteiger partial charge in [-0.3, -0.25) is 4.79 Å². The minimum Gasteiger partial charge on any atom is -0.483 e. The molecule has 0 saturated carbocycles. The molecule has 0 N–H and O–H groups in total. The lowest BCUT2D eigenvalue weighted by molar-refractivity contribution is -0.137. The van der Waals surface area contributed by atoms with Gasteiger partial charge in [-0.15, -0.1) is 0 Å². The lowest BCUT2D eigenvalue weighted by atomic mass is 10.1. The largest absolute Gasteiger partial charge is 0.483 e. The van der Waals surface area contributed by atoms with E-state index in [9.17, 15) is 18.0 Å². The molecule has 0 unspecified atom stereocenters.